The van der Waals surface area contributed by atoms with Gasteiger partial charge in [-0.15, -0.1) is 0 Å². The minimum Gasteiger partial charge on any atom is -0.481 e. The molecule has 2 saturated heterocycles. The monoisotopic (exact) mass is 354 g/mol. The molecule has 0 unspecified atom stereocenters. The number of amides is 1. The summed E-state index contributed by atoms with van der Waals surface area (Å²) in [5.41, 5.74) is 0.0409. The van der Waals surface area contributed by atoms with E-state index in [0.717, 1.165) is 11.5 Å². The minimum atomic E-state index is -0.991. The van der Waals surface area contributed by atoms with Crippen molar-refractivity contribution in [2.75, 3.05) is 26.2 Å². The van der Waals surface area contributed by atoms with Gasteiger partial charge in [0, 0.05) is 50.8 Å². The summed E-state index contributed by atoms with van der Waals surface area (Å²) >= 11 is 0. The van der Waals surface area contributed by atoms with Gasteiger partial charge >= 0.3 is 5.97 Å². The van der Waals surface area contributed by atoms with Crippen LogP contribution in [0.4, 0.5) is 0 Å². The third kappa shape index (κ3) is 2.50. The molecular formula is C19H22N4O3. The van der Waals surface area contributed by atoms with Crippen LogP contribution in [0.3, 0.4) is 0 Å². The summed E-state index contributed by atoms with van der Waals surface area (Å²) in [5.74, 6) is -0.529. The molecule has 2 aromatic heterocycles. The van der Waals surface area contributed by atoms with Gasteiger partial charge in [-0.2, -0.15) is 0 Å². The van der Waals surface area contributed by atoms with Crippen LogP contribution in [0.5, 0.6) is 0 Å². The molecule has 7 heteroatoms. The van der Waals surface area contributed by atoms with E-state index in [4.69, 9.17) is 0 Å². The van der Waals surface area contributed by atoms with Crippen LogP contribution in [-0.2, 0) is 16.1 Å². The zero-order valence-electron chi connectivity index (χ0n) is 14.7. The number of hydrogen-bond acceptors (Lipinski definition) is 4. The van der Waals surface area contributed by atoms with Crippen LogP contribution in [0.1, 0.15) is 12.6 Å². The molecule has 2 atom stereocenters. The first-order chi connectivity index (χ1) is 12.5. The van der Waals surface area contributed by atoms with E-state index in [1.807, 2.05) is 48.0 Å². The van der Waals surface area contributed by atoms with Gasteiger partial charge in [-0.1, -0.05) is 6.07 Å². The van der Waals surface area contributed by atoms with Gasteiger partial charge in [-0.3, -0.25) is 14.5 Å². The zero-order chi connectivity index (χ0) is 18.3. The summed E-state index contributed by atoms with van der Waals surface area (Å²) in [6.07, 6.45) is 3.70. The number of likely N-dealkylation sites (tertiary alicyclic amines) is 2. The van der Waals surface area contributed by atoms with E-state index in [2.05, 4.69) is 9.88 Å². The van der Waals surface area contributed by atoms with E-state index < -0.39 is 17.3 Å². The van der Waals surface area contributed by atoms with Crippen molar-refractivity contribution < 1.29 is 14.7 Å². The maximum Gasteiger partial charge on any atom is 0.313 e. The van der Waals surface area contributed by atoms with Crippen molar-refractivity contribution in [3.8, 4) is 5.82 Å². The SMILES string of the molecule is CCN1C[C@@]2(C(=O)O)CN(Cc3cccn3-c3ccccn3)C[C@H]2C1=O. The van der Waals surface area contributed by atoms with Gasteiger partial charge in [0.05, 0.1) is 5.92 Å². The molecule has 0 bridgehead atoms. The number of pyridine rings is 1. The molecular weight excluding hydrogens is 332 g/mol. The summed E-state index contributed by atoms with van der Waals surface area (Å²) < 4.78 is 2.00. The van der Waals surface area contributed by atoms with E-state index >= 15 is 0 Å². The number of hydrogen-bond donors (Lipinski definition) is 1. The van der Waals surface area contributed by atoms with Gasteiger partial charge < -0.3 is 14.6 Å². The second-order valence-corrected chi connectivity index (χ2v) is 7.09. The molecule has 0 spiro atoms. The molecule has 26 heavy (non-hydrogen) atoms. The lowest BCUT2D eigenvalue weighted by Crippen LogP contribution is -2.40. The second kappa shape index (κ2) is 6.25. The third-order valence-corrected chi connectivity index (χ3v) is 5.62. The fraction of sp³-hybridized carbons (Fsp3) is 0.421. The molecule has 1 N–H and O–H groups in total. The first-order valence-electron chi connectivity index (χ1n) is 8.87. The highest BCUT2D eigenvalue weighted by atomic mass is 16.4. The van der Waals surface area contributed by atoms with Gasteiger partial charge in [-0.25, -0.2) is 4.98 Å². The summed E-state index contributed by atoms with van der Waals surface area (Å²) in [7, 11) is 0. The molecule has 2 aromatic rings. The summed E-state index contributed by atoms with van der Waals surface area (Å²) in [5, 5.41) is 9.86. The lowest BCUT2D eigenvalue weighted by atomic mass is 9.81. The molecule has 0 radical (unpaired) electrons. The predicted molar refractivity (Wildman–Crippen MR) is 94.7 cm³/mol. The molecule has 0 aromatic carbocycles. The quantitative estimate of drug-likeness (QED) is 0.874. The fourth-order valence-electron chi connectivity index (χ4n) is 4.29. The zero-order valence-corrected chi connectivity index (χ0v) is 14.7. The Morgan fingerprint density at radius 3 is 2.81 bits per heavy atom. The van der Waals surface area contributed by atoms with Crippen LogP contribution in [0.2, 0.25) is 0 Å². The van der Waals surface area contributed by atoms with Crippen LogP contribution in [-0.4, -0.2) is 62.5 Å². The lowest BCUT2D eigenvalue weighted by molar-refractivity contribution is -0.149. The van der Waals surface area contributed by atoms with Gasteiger partial charge in [0.1, 0.15) is 11.2 Å². The number of carbonyl (C=O) groups excluding carboxylic acids is 1. The summed E-state index contributed by atoms with van der Waals surface area (Å²) in [6, 6.07) is 9.71. The molecule has 2 aliphatic rings. The molecule has 1 amide bonds. The van der Waals surface area contributed by atoms with E-state index in [1.165, 1.54) is 0 Å². The highest BCUT2D eigenvalue weighted by molar-refractivity contribution is 5.92. The number of rotatable bonds is 5. The second-order valence-electron chi connectivity index (χ2n) is 7.09. The lowest BCUT2D eigenvalue weighted by Gasteiger charge is -2.25. The van der Waals surface area contributed by atoms with Gasteiger partial charge in [0.25, 0.3) is 0 Å². The van der Waals surface area contributed by atoms with Gasteiger partial charge in [0.15, 0.2) is 0 Å². The molecule has 2 fully saturated rings. The van der Waals surface area contributed by atoms with Crippen molar-refractivity contribution in [2.45, 2.75) is 13.5 Å². The Balaban J connectivity index is 1.57. The Morgan fingerprint density at radius 2 is 2.15 bits per heavy atom. The maximum absolute atomic E-state index is 12.6. The Labute approximate surface area is 151 Å². The number of carbonyl (C=O) groups is 2. The van der Waals surface area contributed by atoms with Crippen LogP contribution >= 0.6 is 0 Å². The highest BCUT2D eigenvalue weighted by Gasteiger charge is 2.61. The summed E-state index contributed by atoms with van der Waals surface area (Å²) in [6.45, 7) is 4.23. The normalized spacial score (nSPS) is 25.7. The number of fused-ring (bicyclic) bond motifs is 1. The Bertz CT molecular complexity index is 834. The average molecular weight is 354 g/mol. The Hall–Kier alpha value is -2.67. The van der Waals surface area contributed by atoms with Crippen LogP contribution in [0.25, 0.3) is 5.82 Å². The molecule has 2 aliphatic heterocycles. The average Bonchev–Trinajstić information content (AvgIpc) is 3.31. The number of aromatic nitrogens is 2. The van der Waals surface area contributed by atoms with Crippen LogP contribution < -0.4 is 0 Å². The van der Waals surface area contributed by atoms with Crippen molar-refractivity contribution in [1.82, 2.24) is 19.4 Å². The number of carboxylic acid groups (broad SMARTS) is 1. The largest absolute Gasteiger partial charge is 0.481 e. The fourth-order valence-corrected chi connectivity index (χ4v) is 4.29. The Kier molecular flexibility index (Phi) is 4.03. The molecule has 0 aliphatic carbocycles. The number of nitrogens with zero attached hydrogens (tertiary/aromatic N) is 4. The number of carboxylic acids is 1. The smallest absolute Gasteiger partial charge is 0.313 e. The van der Waals surface area contributed by atoms with E-state index in [-0.39, 0.29) is 5.91 Å². The third-order valence-electron chi connectivity index (χ3n) is 5.62. The molecule has 0 saturated carbocycles. The van der Waals surface area contributed by atoms with Crippen molar-refractivity contribution in [1.29, 1.82) is 0 Å². The van der Waals surface area contributed by atoms with Crippen molar-refractivity contribution >= 4 is 11.9 Å². The van der Waals surface area contributed by atoms with E-state index in [0.29, 0.717) is 32.7 Å². The topological polar surface area (TPSA) is 78.7 Å². The highest BCUT2D eigenvalue weighted by Crippen LogP contribution is 2.44. The first-order valence-corrected chi connectivity index (χ1v) is 8.87. The van der Waals surface area contributed by atoms with Crippen molar-refractivity contribution in [3.63, 3.8) is 0 Å². The predicted octanol–water partition coefficient (Wildman–Crippen LogP) is 1.24. The van der Waals surface area contributed by atoms with Crippen molar-refractivity contribution in [2.24, 2.45) is 11.3 Å². The first kappa shape index (κ1) is 16.8. The Morgan fingerprint density at radius 1 is 1.31 bits per heavy atom. The molecule has 136 valence electrons. The van der Waals surface area contributed by atoms with Crippen LogP contribution in [0, 0.1) is 11.3 Å². The molecule has 4 heterocycles. The van der Waals surface area contributed by atoms with Crippen molar-refractivity contribution in [3.05, 3.63) is 48.4 Å². The van der Waals surface area contributed by atoms with Crippen LogP contribution in [0.15, 0.2) is 42.7 Å². The van der Waals surface area contributed by atoms with Gasteiger partial charge in [0.2, 0.25) is 5.91 Å². The van der Waals surface area contributed by atoms with E-state index in [1.54, 1.807) is 11.1 Å². The molecule has 4 rings (SSSR count). The summed E-state index contributed by atoms with van der Waals surface area (Å²) in [4.78, 5) is 32.7. The number of aliphatic carboxylic acids is 1. The van der Waals surface area contributed by atoms with E-state index in [9.17, 15) is 14.7 Å². The van der Waals surface area contributed by atoms with Gasteiger partial charge in [-0.05, 0) is 31.2 Å². The minimum absolute atomic E-state index is 0.0301. The maximum atomic E-state index is 12.6. The molecule has 7 nitrogen and oxygen atoms in total. The standard InChI is InChI=1S/C19H22N4O3/c1-2-22-13-19(18(25)26)12-21(11-15(19)17(22)24)10-14-6-5-9-23(14)16-7-3-4-8-20-16/h3-9,15H,2,10-13H2,1H3,(H,25,26)/t15-,19-/m0/s1.